The molecule has 0 unspecified atom stereocenters. The first-order valence-electron chi connectivity index (χ1n) is 6.88. The van der Waals surface area contributed by atoms with Crippen LogP contribution in [0, 0.1) is 10.1 Å². The topological polar surface area (TPSA) is 120 Å². The number of anilines is 1. The van der Waals surface area contributed by atoms with E-state index in [1.54, 1.807) is 19.9 Å². The summed E-state index contributed by atoms with van der Waals surface area (Å²) in [5, 5.41) is 14.7. The Balaban J connectivity index is 2.98. The highest BCUT2D eigenvalue weighted by atomic mass is 16.6. The maximum absolute atomic E-state index is 11.8. The van der Waals surface area contributed by atoms with E-state index in [-0.39, 0.29) is 30.3 Å². The Kier molecular flexibility index (Phi) is 7.18. The molecule has 124 valence electrons. The second-order valence-electron chi connectivity index (χ2n) is 4.15. The number of benzene rings is 1. The van der Waals surface area contributed by atoms with E-state index in [0.29, 0.717) is 0 Å². The van der Waals surface area contributed by atoms with Gasteiger partial charge in [0.25, 0.3) is 5.69 Å². The Morgan fingerprint density at radius 3 is 2.48 bits per heavy atom. The molecule has 0 atom stereocenters. The SMILES string of the molecule is CCOC(=O)C/C(=N\Nc1ccccc1[N+](=O)[O-])C(=O)OCC. The molecule has 0 saturated heterocycles. The van der Waals surface area contributed by atoms with E-state index in [2.05, 4.69) is 10.5 Å². The molecule has 0 heterocycles. The van der Waals surface area contributed by atoms with Crippen LogP contribution in [0.15, 0.2) is 29.4 Å². The summed E-state index contributed by atoms with van der Waals surface area (Å²) in [6.45, 7) is 3.50. The van der Waals surface area contributed by atoms with Gasteiger partial charge in [-0.3, -0.25) is 20.3 Å². The molecule has 23 heavy (non-hydrogen) atoms. The highest BCUT2D eigenvalue weighted by molar-refractivity contribution is 6.39. The van der Waals surface area contributed by atoms with Crippen molar-refractivity contribution < 1.29 is 24.0 Å². The molecule has 0 fully saturated rings. The van der Waals surface area contributed by atoms with E-state index in [1.165, 1.54) is 18.2 Å². The van der Waals surface area contributed by atoms with Crippen LogP contribution in [-0.4, -0.2) is 35.8 Å². The van der Waals surface area contributed by atoms with Gasteiger partial charge in [-0.25, -0.2) is 4.79 Å². The molecule has 1 aromatic rings. The normalized spacial score (nSPS) is 10.8. The molecule has 9 heteroatoms. The number of esters is 2. The van der Waals surface area contributed by atoms with Crippen LogP contribution in [0.1, 0.15) is 20.3 Å². The van der Waals surface area contributed by atoms with Crippen molar-refractivity contribution >= 4 is 29.0 Å². The lowest BCUT2D eigenvalue weighted by molar-refractivity contribution is -0.384. The molecule has 0 aromatic heterocycles. The number of hydrogen-bond donors (Lipinski definition) is 1. The van der Waals surface area contributed by atoms with Crippen LogP contribution in [0.25, 0.3) is 0 Å². The molecule has 0 aliphatic heterocycles. The average molecular weight is 323 g/mol. The smallest absolute Gasteiger partial charge is 0.355 e. The quantitative estimate of drug-likeness (QED) is 0.335. The summed E-state index contributed by atoms with van der Waals surface area (Å²) in [4.78, 5) is 33.6. The van der Waals surface area contributed by atoms with E-state index in [4.69, 9.17) is 9.47 Å². The average Bonchev–Trinajstić information content (AvgIpc) is 2.52. The maximum atomic E-state index is 11.8. The summed E-state index contributed by atoms with van der Waals surface area (Å²) in [7, 11) is 0. The lowest BCUT2D eigenvalue weighted by Crippen LogP contribution is -2.23. The largest absolute Gasteiger partial charge is 0.466 e. The third kappa shape index (κ3) is 5.73. The number of hydrogen-bond acceptors (Lipinski definition) is 8. The van der Waals surface area contributed by atoms with Crippen molar-refractivity contribution in [2.24, 2.45) is 5.10 Å². The first kappa shape index (κ1) is 18.1. The van der Waals surface area contributed by atoms with Gasteiger partial charge in [-0.1, -0.05) is 12.1 Å². The zero-order valence-electron chi connectivity index (χ0n) is 12.8. The number of carbonyl (C=O) groups excluding carboxylic acids is 2. The number of rotatable bonds is 8. The monoisotopic (exact) mass is 323 g/mol. The summed E-state index contributed by atoms with van der Waals surface area (Å²) in [5.41, 5.74) is 2.06. The van der Waals surface area contributed by atoms with Gasteiger partial charge in [0.1, 0.15) is 5.69 Å². The second kappa shape index (κ2) is 9.13. The molecule has 0 spiro atoms. The van der Waals surface area contributed by atoms with Crippen molar-refractivity contribution in [3.63, 3.8) is 0 Å². The van der Waals surface area contributed by atoms with E-state index in [9.17, 15) is 19.7 Å². The lowest BCUT2D eigenvalue weighted by Gasteiger charge is -2.07. The number of nitrogens with one attached hydrogen (secondary N) is 1. The lowest BCUT2D eigenvalue weighted by atomic mass is 10.2. The first-order valence-corrected chi connectivity index (χ1v) is 6.88. The highest BCUT2D eigenvalue weighted by Gasteiger charge is 2.19. The molecule has 0 bridgehead atoms. The minimum absolute atomic E-state index is 0.0863. The van der Waals surface area contributed by atoms with Gasteiger partial charge in [0.2, 0.25) is 0 Å². The van der Waals surface area contributed by atoms with Crippen molar-refractivity contribution in [1.29, 1.82) is 0 Å². The van der Waals surface area contributed by atoms with Crippen LogP contribution >= 0.6 is 0 Å². The molecule has 0 aliphatic rings. The van der Waals surface area contributed by atoms with E-state index >= 15 is 0 Å². The Bertz CT molecular complexity index is 614. The second-order valence-corrected chi connectivity index (χ2v) is 4.15. The van der Waals surface area contributed by atoms with E-state index in [0.717, 1.165) is 0 Å². The molecule has 0 amide bonds. The van der Waals surface area contributed by atoms with E-state index < -0.39 is 23.3 Å². The summed E-state index contributed by atoms with van der Waals surface area (Å²) in [6, 6.07) is 5.78. The van der Waals surface area contributed by atoms with Crippen LogP contribution in [0.3, 0.4) is 0 Å². The summed E-state index contributed by atoms with van der Waals surface area (Å²) < 4.78 is 9.55. The molecule has 1 rings (SSSR count). The number of nitro benzene ring substituents is 1. The van der Waals surface area contributed by atoms with Crippen molar-refractivity contribution in [1.82, 2.24) is 0 Å². The fourth-order valence-corrected chi connectivity index (χ4v) is 1.58. The Morgan fingerprint density at radius 2 is 1.87 bits per heavy atom. The molecular formula is C14H17N3O6. The minimum atomic E-state index is -0.799. The Morgan fingerprint density at radius 1 is 1.22 bits per heavy atom. The van der Waals surface area contributed by atoms with Gasteiger partial charge in [-0.2, -0.15) is 5.10 Å². The number of nitro groups is 1. The van der Waals surface area contributed by atoms with Gasteiger partial charge in [-0.05, 0) is 19.9 Å². The molecule has 9 nitrogen and oxygen atoms in total. The van der Waals surface area contributed by atoms with Gasteiger partial charge in [-0.15, -0.1) is 0 Å². The van der Waals surface area contributed by atoms with Crippen molar-refractivity contribution in [3.05, 3.63) is 34.4 Å². The fraction of sp³-hybridized carbons (Fsp3) is 0.357. The molecule has 1 N–H and O–H groups in total. The van der Waals surface area contributed by atoms with Gasteiger partial charge in [0.05, 0.1) is 24.6 Å². The van der Waals surface area contributed by atoms with Crippen LogP contribution in [-0.2, 0) is 19.1 Å². The third-order valence-electron chi connectivity index (χ3n) is 2.54. The van der Waals surface area contributed by atoms with Crippen LogP contribution in [0.4, 0.5) is 11.4 Å². The highest BCUT2D eigenvalue weighted by Crippen LogP contribution is 2.23. The summed E-state index contributed by atoms with van der Waals surface area (Å²) in [6.07, 6.45) is -0.402. The Labute approximate surface area is 132 Å². The van der Waals surface area contributed by atoms with Gasteiger partial charge < -0.3 is 9.47 Å². The van der Waals surface area contributed by atoms with Crippen LogP contribution in [0.5, 0.6) is 0 Å². The van der Waals surface area contributed by atoms with Gasteiger partial charge in [0.15, 0.2) is 5.71 Å². The summed E-state index contributed by atoms with van der Waals surface area (Å²) >= 11 is 0. The van der Waals surface area contributed by atoms with Crippen LogP contribution < -0.4 is 5.43 Å². The number of ether oxygens (including phenoxy) is 2. The standard InChI is InChI=1S/C14H17N3O6/c1-3-22-13(18)9-11(14(19)23-4-2)16-15-10-7-5-6-8-12(10)17(20)21/h5-8,15H,3-4,9H2,1-2H3/b16-11+. The van der Waals surface area contributed by atoms with Crippen molar-refractivity contribution in [3.8, 4) is 0 Å². The molecule has 0 aliphatic carbocycles. The first-order chi connectivity index (χ1) is 11.0. The van der Waals surface area contributed by atoms with Crippen molar-refractivity contribution in [2.45, 2.75) is 20.3 Å². The summed E-state index contributed by atoms with van der Waals surface area (Å²) in [5.74, 6) is -1.45. The van der Waals surface area contributed by atoms with Gasteiger partial charge >= 0.3 is 11.9 Å². The van der Waals surface area contributed by atoms with Crippen LogP contribution in [0.2, 0.25) is 0 Å². The zero-order valence-corrected chi connectivity index (χ0v) is 12.8. The number of nitrogens with zero attached hydrogens (tertiary/aromatic N) is 2. The maximum Gasteiger partial charge on any atom is 0.355 e. The molecule has 0 saturated carbocycles. The molecule has 1 aromatic carbocycles. The molecular weight excluding hydrogens is 306 g/mol. The fourth-order valence-electron chi connectivity index (χ4n) is 1.58. The zero-order chi connectivity index (χ0) is 17.2. The van der Waals surface area contributed by atoms with Gasteiger partial charge in [0, 0.05) is 6.07 Å². The number of hydrazone groups is 1. The number of carbonyl (C=O) groups is 2. The third-order valence-corrected chi connectivity index (χ3v) is 2.54. The predicted molar refractivity (Wildman–Crippen MR) is 82.0 cm³/mol. The van der Waals surface area contributed by atoms with E-state index in [1.807, 2.05) is 0 Å². The number of para-hydroxylation sites is 2. The predicted octanol–water partition coefficient (Wildman–Crippen LogP) is 1.88. The van der Waals surface area contributed by atoms with Crippen molar-refractivity contribution in [2.75, 3.05) is 18.6 Å². The molecule has 0 radical (unpaired) electrons. The minimum Gasteiger partial charge on any atom is -0.466 e. The Hall–Kier alpha value is -2.97.